The van der Waals surface area contributed by atoms with E-state index in [0.29, 0.717) is 0 Å². The topological polar surface area (TPSA) is 29.1 Å². The van der Waals surface area contributed by atoms with Crippen molar-refractivity contribution in [2.24, 2.45) is 0 Å². The Bertz CT molecular complexity index is 1000. The van der Waals surface area contributed by atoms with Gasteiger partial charge in [-0.1, -0.05) is 52.3 Å². The second-order valence-corrected chi connectivity index (χ2v) is 7.22. The molecule has 0 saturated carbocycles. The van der Waals surface area contributed by atoms with Crippen LogP contribution < -0.4 is 5.32 Å². The zero-order valence-electron chi connectivity index (χ0n) is 12.0. The van der Waals surface area contributed by atoms with Crippen molar-refractivity contribution in [2.75, 3.05) is 5.32 Å². The molecular weight excluding hydrogens is 370 g/mol. The fourth-order valence-electron chi connectivity index (χ4n) is 2.61. The first-order valence-corrected chi connectivity index (χ1v) is 8.80. The molecule has 0 unspecified atom stereocenters. The summed E-state index contributed by atoms with van der Waals surface area (Å²) in [6, 6.07) is 21.9. The van der Waals surface area contributed by atoms with Crippen LogP contribution in [0.2, 0.25) is 0 Å². The molecular formula is C19H12BrNOS. The van der Waals surface area contributed by atoms with E-state index in [4.69, 9.17) is 0 Å². The highest BCUT2D eigenvalue weighted by Gasteiger charge is 2.10. The van der Waals surface area contributed by atoms with Gasteiger partial charge in [-0.05, 0) is 46.5 Å². The van der Waals surface area contributed by atoms with Gasteiger partial charge in [-0.2, -0.15) is 0 Å². The molecule has 0 saturated heterocycles. The third-order valence-corrected chi connectivity index (χ3v) is 5.54. The van der Waals surface area contributed by atoms with Gasteiger partial charge in [0.05, 0.1) is 4.88 Å². The van der Waals surface area contributed by atoms with Crippen molar-refractivity contribution in [2.45, 2.75) is 0 Å². The second kappa shape index (κ2) is 5.80. The van der Waals surface area contributed by atoms with E-state index >= 15 is 0 Å². The summed E-state index contributed by atoms with van der Waals surface area (Å²) in [5, 5.41) is 6.31. The SMILES string of the molecule is O=C(Nc1ccc2c(Br)cccc2c1)c1cc2ccccc2s1. The van der Waals surface area contributed by atoms with E-state index in [1.54, 1.807) is 0 Å². The maximum Gasteiger partial charge on any atom is 0.265 e. The van der Waals surface area contributed by atoms with Gasteiger partial charge in [0.2, 0.25) is 0 Å². The normalized spacial score (nSPS) is 11.0. The van der Waals surface area contributed by atoms with Crippen LogP contribution in [0, 0.1) is 0 Å². The lowest BCUT2D eigenvalue weighted by Crippen LogP contribution is -2.09. The number of hydrogen-bond acceptors (Lipinski definition) is 2. The van der Waals surface area contributed by atoms with Crippen molar-refractivity contribution in [1.29, 1.82) is 0 Å². The van der Waals surface area contributed by atoms with Gasteiger partial charge in [0.1, 0.15) is 0 Å². The number of amides is 1. The van der Waals surface area contributed by atoms with Crippen molar-refractivity contribution < 1.29 is 4.79 Å². The minimum atomic E-state index is -0.0689. The molecule has 0 aliphatic carbocycles. The Morgan fingerprint density at radius 2 is 1.74 bits per heavy atom. The summed E-state index contributed by atoms with van der Waals surface area (Å²) in [6.07, 6.45) is 0. The number of hydrogen-bond donors (Lipinski definition) is 1. The Morgan fingerprint density at radius 3 is 2.61 bits per heavy atom. The average molecular weight is 382 g/mol. The molecule has 23 heavy (non-hydrogen) atoms. The van der Waals surface area contributed by atoms with Crippen LogP contribution in [0.15, 0.2) is 71.2 Å². The fourth-order valence-corrected chi connectivity index (χ4v) is 4.08. The molecule has 0 bridgehead atoms. The molecule has 0 fully saturated rings. The summed E-state index contributed by atoms with van der Waals surface area (Å²) >= 11 is 5.05. The standard InChI is InChI=1S/C19H12BrNOS/c20-16-6-3-5-12-10-14(8-9-15(12)16)21-19(22)18-11-13-4-1-2-7-17(13)23-18/h1-11H,(H,21,22). The highest BCUT2D eigenvalue weighted by Crippen LogP contribution is 2.28. The molecule has 4 rings (SSSR count). The van der Waals surface area contributed by atoms with E-state index < -0.39 is 0 Å². The summed E-state index contributed by atoms with van der Waals surface area (Å²) in [4.78, 5) is 13.2. The highest BCUT2D eigenvalue weighted by atomic mass is 79.9. The first-order valence-electron chi connectivity index (χ1n) is 7.19. The number of benzene rings is 3. The average Bonchev–Trinajstić information content (AvgIpc) is 2.99. The van der Waals surface area contributed by atoms with E-state index in [1.807, 2.05) is 66.7 Å². The molecule has 1 heterocycles. The molecule has 0 atom stereocenters. The van der Waals surface area contributed by atoms with Crippen molar-refractivity contribution in [3.63, 3.8) is 0 Å². The van der Waals surface area contributed by atoms with E-state index in [0.717, 1.165) is 35.9 Å². The molecule has 1 N–H and O–H groups in total. The second-order valence-electron chi connectivity index (χ2n) is 5.28. The van der Waals surface area contributed by atoms with Gasteiger partial charge in [-0.15, -0.1) is 11.3 Å². The Kier molecular flexibility index (Phi) is 3.63. The van der Waals surface area contributed by atoms with Crippen LogP contribution in [-0.4, -0.2) is 5.91 Å². The van der Waals surface area contributed by atoms with Gasteiger partial charge in [-0.3, -0.25) is 4.79 Å². The molecule has 0 radical (unpaired) electrons. The summed E-state index contributed by atoms with van der Waals surface area (Å²) in [5.74, 6) is -0.0689. The van der Waals surface area contributed by atoms with Gasteiger partial charge >= 0.3 is 0 Å². The first-order chi connectivity index (χ1) is 11.2. The molecule has 112 valence electrons. The molecule has 0 spiro atoms. The van der Waals surface area contributed by atoms with Gasteiger partial charge < -0.3 is 5.32 Å². The molecule has 4 aromatic rings. The van der Waals surface area contributed by atoms with Gasteiger partial charge in [0.15, 0.2) is 0 Å². The van der Waals surface area contributed by atoms with Crippen LogP contribution in [0.5, 0.6) is 0 Å². The van der Waals surface area contributed by atoms with Crippen molar-refractivity contribution in [1.82, 2.24) is 0 Å². The number of nitrogens with one attached hydrogen (secondary N) is 1. The zero-order valence-corrected chi connectivity index (χ0v) is 14.4. The Balaban J connectivity index is 1.65. The van der Waals surface area contributed by atoms with E-state index in [-0.39, 0.29) is 5.91 Å². The molecule has 0 aliphatic rings. The predicted octanol–water partition coefficient (Wildman–Crippen LogP) is 6.07. The third-order valence-electron chi connectivity index (χ3n) is 3.73. The molecule has 2 nitrogen and oxygen atoms in total. The summed E-state index contributed by atoms with van der Waals surface area (Å²) in [5.41, 5.74) is 0.804. The van der Waals surface area contributed by atoms with Gasteiger partial charge in [0.25, 0.3) is 5.91 Å². The van der Waals surface area contributed by atoms with Crippen LogP contribution in [-0.2, 0) is 0 Å². The van der Waals surface area contributed by atoms with Crippen LogP contribution in [0.25, 0.3) is 20.9 Å². The molecule has 1 aromatic heterocycles. The van der Waals surface area contributed by atoms with Crippen LogP contribution in [0.1, 0.15) is 9.67 Å². The van der Waals surface area contributed by atoms with Crippen molar-refractivity contribution >= 4 is 59.7 Å². The van der Waals surface area contributed by atoms with E-state index in [1.165, 1.54) is 11.3 Å². The summed E-state index contributed by atoms with van der Waals surface area (Å²) in [7, 11) is 0. The lowest BCUT2D eigenvalue weighted by molar-refractivity contribution is 0.103. The third kappa shape index (κ3) is 2.76. The summed E-state index contributed by atoms with van der Waals surface area (Å²) < 4.78 is 2.18. The maximum absolute atomic E-state index is 12.5. The minimum Gasteiger partial charge on any atom is -0.321 e. The van der Waals surface area contributed by atoms with E-state index in [2.05, 4.69) is 21.2 Å². The molecule has 0 aliphatic heterocycles. The predicted molar refractivity (Wildman–Crippen MR) is 101 cm³/mol. The van der Waals surface area contributed by atoms with Crippen LogP contribution in [0.4, 0.5) is 5.69 Å². The lowest BCUT2D eigenvalue weighted by Gasteiger charge is -2.06. The smallest absolute Gasteiger partial charge is 0.265 e. The number of anilines is 1. The lowest BCUT2D eigenvalue weighted by atomic mass is 10.1. The quantitative estimate of drug-likeness (QED) is 0.448. The van der Waals surface area contributed by atoms with Crippen LogP contribution >= 0.6 is 27.3 Å². The zero-order chi connectivity index (χ0) is 15.8. The number of carbonyl (C=O) groups excluding carboxylic acids is 1. The van der Waals surface area contributed by atoms with Crippen LogP contribution in [0.3, 0.4) is 0 Å². The first kappa shape index (κ1) is 14.4. The fraction of sp³-hybridized carbons (Fsp3) is 0. The van der Waals surface area contributed by atoms with Gasteiger partial charge in [0, 0.05) is 14.9 Å². The minimum absolute atomic E-state index is 0.0689. The number of halogens is 1. The van der Waals surface area contributed by atoms with Crippen molar-refractivity contribution in [3.8, 4) is 0 Å². The molecule has 4 heteroatoms. The Labute approximate surface area is 145 Å². The molecule has 3 aromatic carbocycles. The largest absolute Gasteiger partial charge is 0.321 e. The Morgan fingerprint density at radius 1 is 0.913 bits per heavy atom. The number of thiophene rings is 1. The Hall–Kier alpha value is -2.17. The van der Waals surface area contributed by atoms with Gasteiger partial charge in [-0.25, -0.2) is 0 Å². The maximum atomic E-state index is 12.5. The van der Waals surface area contributed by atoms with Crippen molar-refractivity contribution in [3.05, 3.63) is 76.1 Å². The monoisotopic (exact) mass is 381 g/mol. The molecule has 1 amide bonds. The number of carbonyl (C=O) groups is 1. The summed E-state index contributed by atoms with van der Waals surface area (Å²) in [6.45, 7) is 0. The highest BCUT2D eigenvalue weighted by molar-refractivity contribution is 9.10. The number of rotatable bonds is 2. The van der Waals surface area contributed by atoms with E-state index in [9.17, 15) is 4.79 Å². The number of fused-ring (bicyclic) bond motifs is 2.